The van der Waals surface area contributed by atoms with Crippen LogP contribution in [-0.2, 0) is 9.59 Å². The van der Waals surface area contributed by atoms with E-state index in [1.165, 1.54) is 0 Å². The van der Waals surface area contributed by atoms with Crippen molar-refractivity contribution in [2.75, 3.05) is 13.1 Å². The number of rotatable bonds is 3. The summed E-state index contributed by atoms with van der Waals surface area (Å²) in [6.45, 7) is 1.42. The third-order valence-electron chi connectivity index (χ3n) is 3.74. The maximum Gasteiger partial charge on any atom is 0.471 e. The monoisotopic (exact) mass is 342 g/mol. The van der Waals surface area contributed by atoms with Gasteiger partial charge in [0.15, 0.2) is 0 Å². The summed E-state index contributed by atoms with van der Waals surface area (Å²) in [4.78, 5) is 28.0. The lowest BCUT2D eigenvalue weighted by molar-refractivity contribution is -0.187. The summed E-state index contributed by atoms with van der Waals surface area (Å²) in [6, 6.07) is 3.49. The summed E-state index contributed by atoms with van der Waals surface area (Å²) in [5.41, 5.74) is 3.59. The van der Waals surface area contributed by atoms with E-state index in [9.17, 15) is 22.8 Å². The second-order valence-electron chi connectivity index (χ2n) is 5.50. The Morgan fingerprint density at radius 1 is 1.42 bits per heavy atom. The molecule has 1 atom stereocenters. The number of aromatic nitrogens is 1. The maximum absolute atomic E-state index is 12.5. The molecule has 0 bridgehead atoms. The van der Waals surface area contributed by atoms with Gasteiger partial charge in [0.05, 0.1) is 11.6 Å². The number of hydrogen-bond acceptors (Lipinski definition) is 4. The van der Waals surface area contributed by atoms with Crippen LogP contribution in [-0.4, -0.2) is 46.7 Å². The highest BCUT2D eigenvalue weighted by Gasteiger charge is 2.44. The van der Waals surface area contributed by atoms with Crippen LogP contribution in [0, 0.1) is 5.92 Å². The highest BCUT2D eigenvalue weighted by molar-refractivity contribution is 5.99. The molecule has 0 spiro atoms. The predicted molar refractivity (Wildman–Crippen MR) is 79.9 cm³/mol. The van der Waals surface area contributed by atoms with E-state index in [2.05, 4.69) is 15.5 Å². The number of piperidine rings is 1. The van der Waals surface area contributed by atoms with Crippen LogP contribution in [0.1, 0.15) is 25.3 Å². The molecule has 1 aliphatic rings. The van der Waals surface area contributed by atoms with Crippen molar-refractivity contribution in [3.8, 4) is 0 Å². The Morgan fingerprint density at radius 2 is 2.17 bits per heavy atom. The first-order valence-corrected chi connectivity index (χ1v) is 7.39. The zero-order chi connectivity index (χ0) is 17.7. The molecular weight excluding hydrogens is 325 g/mol. The van der Waals surface area contributed by atoms with Gasteiger partial charge in [-0.25, -0.2) is 5.43 Å². The summed E-state index contributed by atoms with van der Waals surface area (Å²) in [5, 5.41) is 3.94. The van der Waals surface area contributed by atoms with Gasteiger partial charge < -0.3 is 4.90 Å². The minimum absolute atomic E-state index is 0.000103. The molecule has 2 amide bonds. The number of carbonyl (C=O) groups excluding carboxylic acids is 2. The minimum Gasteiger partial charge on any atom is -0.334 e. The molecule has 1 aromatic heterocycles. The van der Waals surface area contributed by atoms with E-state index in [1.807, 2.05) is 0 Å². The number of nitrogens with zero attached hydrogens (tertiary/aromatic N) is 3. The Hall–Kier alpha value is -2.45. The first-order valence-electron chi connectivity index (χ1n) is 7.39. The Balaban J connectivity index is 1.96. The molecule has 130 valence electrons. The molecule has 6 nitrogen and oxygen atoms in total. The van der Waals surface area contributed by atoms with Gasteiger partial charge in [0.2, 0.25) is 5.91 Å². The summed E-state index contributed by atoms with van der Waals surface area (Å²) < 4.78 is 37.5. The fourth-order valence-corrected chi connectivity index (χ4v) is 2.43. The Bertz CT molecular complexity index is 631. The summed E-state index contributed by atoms with van der Waals surface area (Å²) in [6.07, 6.45) is -0.994. The van der Waals surface area contributed by atoms with E-state index in [0.717, 1.165) is 5.56 Å². The third kappa shape index (κ3) is 4.53. The van der Waals surface area contributed by atoms with Crippen LogP contribution < -0.4 is 5.43 Å². The SMILES string of the molecule is C/C(=N\NC(=O)C1CCCN(C(=O)C(F)(F)F)C1)c1cccnc1. The Labute approximate surface area is 136 Å². The van der Waals surface area contributed by atoms with Gasteiger partial charge in [-0.15, -0.1) is 0 Å². The van der Waals surface area contributed by atoms with Gasteiger partial charge in [-0.05, 0) is 25.8 Å². The Kier molecular flexibility index (Phi) is 5.53. The van der Waals surface area contributed by atoms with Gasteiger partial charge in [-0.1, -0.05) is 6.07 Å². The molecule has 1 aliphatic heterocycles. The van der Waals surface area contributed by atoms with Crippen LogP contribution in [0.15, 0.2) is 29.6 Å². The molecule has 9 heteroatoms. The van der Waals surface area contributed by atoms with Crippen molar-refractivity contribution in [2.24, 2.45) is 11.0 Å². The van der Waals surface area contributed by atoms with Gasteiger partial charge >= 0.3 is 12.1 Å². The van der Waals surface area contributed by atoms with Crippen molar-refractivity contribution in [1.82, 2.24) is 15.3 Å². The van der Waals surface area contributed by atoms with E-state index >= 15 is 0 Å². The van der Waals surface area contributed by atoms with Crippen LogP contribution in [0.3, 0.4) is 0 Å². The van der Waals surface area contributed by atoms with Crippen molar-refractivity contribution < 1.29 is 22.8 Å². The lowest BCUT2D eigenvalue weighted by atomic mass is 9.97. The first-order chi connectivity index (χ1) is 11.3. The standard InChI is InChI=1S/C15H17F3N4O2/c1-10(11-4-2-6-19-8-11)20-21-13(23)12-5-3-7-22(9-12)14(24)15(16,17)18/h2,4,6,8,12H,3,5,7,9H2,1H3,(H,21,23)/b20-10+. The molecule has 0 aliphatic carbocycles. The number of nitrogens with one attached hydrogen (secondary N) is 1. The largest absolute Gasteiger partial charge is 0.471 e. The number of likely N-dealkylation sites (tertiary alicyclic amines) is 1. The summed E-state index contributed by atoms with van der Waals surface area (Å²) >= 11 is 0. The van der Waals surface area contributed by atoms with Crippen molar-refractivity contribution >= 4 is 17.5 Å². The number of alkyl halides is 3. The fraction of sp³-hybridized carbons (Fsp3) is 0.467. The average Bonchev–Trinajstić information content (AvgIpc) is 2.58. The second kappa shape index (κ2) is 7.41. The number of hydrazone groups is 1. The number of pyridine rings is 1. The fourth-order valence-electron chi connectivity index (χ4n) is 2.43. The number of halogens is 3. The third-order valence-corrected chi connectivity index (χ3v) is 3.74. The molecule has 1 unspecified atom stereocenters. The van der Waals surface area contributed by atoms with E-state index in [-0.39, 0.29) is 13.1 Å². The number of carbonyl (C=O) groups is 2. The van der Waals surface area contributed by atoms with Crippen LogP contribution in [0.4, 0.5) is 13.2 Å². The van der Waals surface area contributed by atoms with Crippen molar-refractivity contribution in [2.45, 2.75) is 25.9 Å². The smallest absolute Gasteiger partial charge is 0.334 e. The second-order valence-corrected chi connectivity index (χ2v) is 5.50. The van der Waals surface area contributed by atoms with E-state index in [0.29, 0.717) is 23.5 Å². The zero-order valence-corrected chi connectivity index (χ0v) is 13.0. The van der Waals surface area contributed by atoms with Crippen molar-refractivity contribution in [3.05, 3.63) is 30.1 Å². The molecular formula is C15H17F3N4O2. The van der Waals surface area contributed by atoms with Crippen LogP contribution in [0.2, 0.25) is 0 Å². The molecule has 0 radical (unpaired) electrons. The topological polar surface area (TPSA) is 74.7 Å². The van der Waals surface area contributed by atoms with Gasteiger partial charge in [0.25, 0.3) is 0 Å². The van der Waals surface area contributed by atoms with E-state index in [1.54, 1.807) is 31.5 Å². The Morgan fingerprint density at radius 3 is 2.79 bits per heavy atom. The predicted octanol–water partition coefficient (Wildman–Crippen LogP) is 1.72. The van der Waals surface area contributed by atoms with Gasteiger partial charge in [0, 0.05) is 31.0 Å². The lowest BCUT2D eigenvalue weighted by Gasteiger charge is -2.32. The summed E-state index contributed by atoms with van der Waals surface area (Å²) in [5.74, 6) is -3.12. The van der Waals surface area contributed by atoms with Crippen molar-refractivity contribution in [1.29, 1.82) is 0 Å². The molecule has 2 rings (SSSR count). The molecule has 1 saturated heterocycles. The lowest BCUT2D eigenvalue weighted by Crippen LogP contribution is -2.49. The molecule has 0 saturated carbocycles. The molecule has 1 fully saturated rings. The van der Waals surface area contributed by atoms with Crippen LogP contribution >= 0.6 is 0 Å². The highest BCUT2D eigenvalue weighted by atomic mass is 19.4. The average molecular weight is 342 g/mol. The van der Waals surface area contributed by atoms with Crippen LogP contribution in [0.25, 0.3) is 0 Å². The first kappa shape index (κ1) is 17.9. The normalized spacial score (nSPS) is 19.1. The van der Waals surface area contributed by atoms with E-state index < -0.39 is 23.9 Å². The van der Waals surface area contributed by atoms with E-state index in [4.69, 9.17) is 0 Å². The van der Waals surface area contributed by atoms with Gasteiger partial charge in [-0.2, -0.15) is 18.3 Å². The molecule has 24 heavy (non-hydrogen) atoms. The molecule has 1 N–H and O–H groups in total. The van der Waals surface area contributed by atoms with Crippen LogP contribution in [0.5, 0.6) is 0 Å². The minimum atomic E-state index is -4.92. The molecule has 2 heterocycles. The maximum atomic E-state index is 12.5. The zero-order valence-electron chi connectivity index (χ0n) is 13.0. The highest BCUT2D eigenvalue weighted by Crippen LogP contribution is 2.23. The molecule has 1 aromatic rings. The molecule has 0 aromatic carbocycles. The quantitative estimate of drug-likeness (QED) is 0.671. The number of amides is 2. The van der Waals surface area contributed by atoms with Crippen molar-refractivity contribution in [3.63, 3.8) is 0 Å². The summed E-state index contributed by atoms with van der Waals surface area (Å²) in [7, 11) is 0. The van der Waals surface area contributed by atoms with Gasteiger partial charge in [0.1, 0.15) is 0 Å². The number of hydrogen-bond donors (Lipinski definition) is 1. The van der Waals surface area contributed by atoms with Gasteiger partial charge in [-0.3, -0.25) is 14.6 Å².